The average Bonchev–Trinajstić information content (AvgIpc) is 1.63. The molecule has 5 nitrogen and oxygen atoms in total. The minimum absolute atomic E-state index is 0.844. The zero-order valence-corrected chi connectivity index (χ0v) is 5.67. The van der Waals surface area contributed by atoms with Gasteiger partial charge in [-0.25, -0.2) is 0 Å². The Balaban J connectivity index is 3.88. The zero-order valence-electron chi connectivity index (χ0n) is 4.77. The van der Waals surface area contributed by atoms with E-state index in [1.54, 1.807) is 0 Å². The van der Waals surface area contributed by atoms with E-state index in [2.05, 4.69) is 4.52 Å². The fraction of sp³-hybridized carbons (Fsp3) is 0.667. The summed E-state index contributed by atoms with van der Waals surface area (Å²) in [6.45, 7) is 0. The van der Waals surface area contributed by atoms with Crippen molar-refractivity contribution in [2.75, 3.05) is 13.3 Å². The van der Waals surface area contributed by atoms with Gasteiger partial charge in [-0.2, -0.15) is 0 Å². The first-order valence-corrected chi connectivity index (χ1v) is 3.83. The summed E-state index contributed by atoms with van der Waals surface area (Å²) in [6.07, 6.45) is -0.844. The lowest BCUT2D eigenvalue weighted by molar-refractivity contribution is -0.134. The van der Waals surface area contributed by atoms with Crippen LogP contribution in [0.3, 0.4) is 0 Å². The van der Waals surface area contributed by atoms with Gasteiger partial charge in [0.2, 0.25) is 0 Å². The number of carboxylic acid groups (broad SMARTS) is 1. The molecule has 0 bridgehead atoms. The lowest BCUT2D eigenvalue weighted by Crippen LogP contribution is -2.03. The Morgan fingerprint density at radius 1 is 1.78 bits per heavy atom. The molecule has 54 valence electrons. The van der Waals surface area contributed by atoms with Crippen LogP contribution in [-0.2, 0) is 13.9 Å². The molecule has 0 radical (unpaired) electrons. The molecule has 0 rings (SSSR count). The summed E-state index contributed by atoms with van der Waals surface area (Å²) in [4.78, 5) is 18.2. The lowest BCUT2D eigenvalue weighted by Gasteiger charge is -2.02. The van der Waals surface area contributed by atoms with Gasteiger partial charge in [0.05, 0.1) is 0 Å². The third kappa shape index (κ3) is 4.14. The highest BCUT2D eigenvalue weighted by atomic mass is 31.2. The lowest BCUT2D eigenvalue weighted by atomic mass is 10.8. The van der Waals surface area contributed by atoms with Crippen LogP contribution < -0.4 is 0 Å². The number of carbonyl (C=O) groups is 1. The Labute approximate surface area is 51.8 Å². The van der Waals surface area contributed by atoms with Gasteiger partial charge in [-0.15, -0.1) is 0 Å². The molecular formula is C3H7O5P. The SMILES string of the molecule is COP(=O)(O)CC(=O)O. The van der Waals surface area contributed by atoms with Crippen molar-refractivity contribution in [3.8, 4) is 0 Å². The summed E-state index contributed by atoms with van der Waals surface area (Å²) >= 11 is 0. The molecule has 0 aromatic rings. The largest absolute Gasteiger partial charge is 0.481 e. The Morgan fingerprint density at radius 2 is 2.22 bits per heavy atom. The Bertz CT molecular complexity index is 152. The maximum atomic E-state index is 10.3. The second-order valence-electron chi connectivity index (χ2n) is 1.37. The maximum Gasteiger partial charge on any atom is 0.338 e. The Morgan fingerprint density at radius 3 is 2.33 bits per heavy atom. The molecular weight excluding hydrogens is 147 g/mol. The van der Waals surface area contributed by atoms with E-state index in [-0.39, 0.29) is 0 Å². The van der Waals surface area contributed by atoms with Crippen LogP contribution in [0.15, 0.2) is 0 Å². The van der Waals surface area contributed by atoms with Crippen molar-refractivity contribution in [1.29, 1.82) is 0 Å². The monoisotopic (exact) mass is 154 g/mol. The molecule has 0 fully saturated rings. The third-order valence-electron chi connectivity index (χ3n) is 0.620. The van der Waals surface area contributed by atoms with Gasteiger partial charge in [-0.1, -0.05) is 0 Å². The first kappa shape index (κ1) is 8.62. The molecule has 0 aliphatic rings. The standard InChI is InChI=1S/C3H7O5P/c1-8-9(6,7)2-3(4)5/h2H2,1H3,(H,4,5)(H,6,7). The fourth-order valence-corrected chi connectivity index (χ4v) is 0.706. The van der Waals surface area contributed by atoms with Crippen LogP contribution in [0.2, 0.25) is 0 Å². The molecule has 0 amide bonds. The number of rotatable bonds is 3. The normalized spacial score (nSPS) is 16.7. The first-order valence-electron chi connectivity index (χ1n) is 2.07. The second-order valence-corrected chi connectivity index (χ2v) is 3.33. The highest BCUT2D eigenvalue weighted by molar-refractivity contribution is 7.53. The van der Waals surface area contributed by atoms with Crippen LogP contribution in [0.25, 0.3) is 0 Å². The summed E-state index contributed by atoms with van der Waals surface area (Å²) in [5.41, 5.74) is 0. The van der Waals surface area contributed by atoms with Crippen molar-refractivity contribution < 1.29 is 23.9 Å². The fourth-order valence-electron chi connectivity index (χ4n) is 0.235. The van der Waals surface area contributed by atoms with E-state index in [1.807, 2.05) is 0 Å². The van der Waals surface area contributed by atoms with Gasteiger partial charge in [0.25, 0.3) is 0 Å². The van der Waals surface area contributed by atoms with E-state index >= 15 is 0 Å². The van der Waals surface area contributed by atoms with Crippen molar-refractivity contribution in [3.05, 3.63) is 0 Å². The molecule has 0 spiro atoms. The molecule has 0 heterocycles. The molecule has 1 unspecified atom stereocenters. The summed E-state index contributed by atoms with van der Waals surface area (Å²) in [6, 6.07) is 0. The van der Waals surface area contributed by atoms with Crippen LogP contribution in [0.5, 0.6) is 0 Å². The quantitative estimate of drug-likeness (QED) is 0.554. The highest BCUT2D eigenvalue weighted by Crippen LogP contribution is 2.39. The van der Waals surface area contributed by atoms with Gasteiger partial charge in [-0.3, -0.25) is 9.36 Å². The first-order chi connectivity index (χ1) is 3.98. The molecule has 0 aromatic heterocycles. The number of carboxylic acids is 1. The van der Waals surface area contributed by atoms with E-state index in [9.17, 15) is 9.36 Å². The molecule has 0 aliphatic heterocycles. The minimum Gasteiger partial charge on any atom is -0.481 e. The zero-order chi connectivity index (χ0) is 7.49. The number of hydrogen-bond acceptors (Lipinski definition) is 3. The van der Waals surface area contributed by atoms with Crippen LogP contribution in [0.1, 0.15) is 0 Å². The van der Waals surface area contributed by atoms with Crippen LogP contribution in [-0.4, -0.2) is 29.2 Å². The van der Waals surface area contributed by atoms with Crippen LogP contribution >= 0.6 is 7.60 Å². The van der Waals surface area contributed by atoms with Crippen molar-refractivity contribution >= 4 is 13.6 Å². The molecule has 2 N–H and O–H groups in total. The van der Waals surface area contributed by atoms with Gasteiger partial charge >= 0.3 is 13.6 Å². The van der Waals surface area contributed by atoms with E-state index < -0.39 is 19.7 Å². The second kappa shape index (κ2) is 2.96. The average molecular weight is 154 g/mol. The Kier molecular flexibility index (Phi) is 2.84. The number of aliphatic carboxylic acids is 1. The van der Waals surface area contributed by atoms with Gasteiger partial charge < -0.3 is 14.5 Å². The van der Waals surface area contributed by atoms with Crippen molar-refractivity contribution in [2.24, 2.45) is 0 Å². The van der Waals surface area contributed by atoms with Crippen molar-refractivity contribution in [2.45, 2.75) is 0 Å². The van der Waals surface area contributed by atoms with Gasteiger partial charge in [0.15, 0.2) is 0 Å². The number of hydrogen-bond donors (Lipinski definition) is 2. The smallest absolute Gasteiger partial charge is 0.338 e. The van der Waals surface area contributed by atoms with Gasteiger partial charge in [0.1, 0.15) is 6.16 Å². The molecule has 0 saturated carbocycles. The topological polar surface area (TPSA) is 83.8 Å². The molecule has 6 heteroatoms. The minimum atomic E-state index is -3.83. The summed E-state index contributed by atoms with van der Waals surface area (Å²) in [5, 5.41) is 7.97. The van der Waals surface area contributed by atoms with E-state index in [4.69, 9.17) is 10.00 Å². The van der Waals surface area contributed by atoms with Gasteiger partial charge in [0, 0.05) is 7.11 Å². The molecule has 0 aliphatic carbocycles. The molecule has 9 heavy (non-hydrogen) atoms. The van der Waals surface area contributed by atoms with Crippen molar-refractivity contribution in [3.63, 3.8) is 0 Å². The summed E-state index contributed by atoms with van der Waals surface area (Å²) in [5.74, 6) is -1.34. The third-order valence-corrected chi connectivity index (χ3v) is 1.86. The van der Waals surface area contributed by atoms with Crippen molar-refractivity contribution in [1.82, 2.24) is 0 Å². The molecule has 1 atom stereocenters. The predicted octanol–water partition coefficient (Wildman–Crippen LogP) is -0.0972. The van der Waals surface area contributed by atoms with Gasteiger partial charge in [-0.05, 0) is 0 Å². The Hall–Kier alpha value is -0.380. The predicted molar refractivity (Wildman–Crippen MR) is 29.3 cm³/mol. The van der Waals surface area contributed by atoms with E-state index in [1.165, 1.54) is 0 Å². The highest BCUT2D eigenvalue weighted by Gasteiger charge is 2.20. The summed E-state index contributed by atoms with van der Waals surface area (Å²) in [7, 11) is -2.84. The molecule has 0 saturated heterocycles. The van der Waals surface area contributed by atoms with Crippen LogP contribution in [0.4, 0.5) is 0 Å². The molecule has 0 aromatic carbocycles. The van der Waals surface area contributed by atoms with E-state index in [0.29, 0.717) is 0 Å². The summed E-state index contributed by atoms with van der Waals surface area (Å²) < 4.78 is 14.3. The maximum absolute atomic E-state index is 10.3. The van der Waals surface area contributed by atoms with E-state index in [0.717, 1.165) is 7.11 Å². The van der Waals surface area contributed by atoms with Crippen LogP contribution in [0, 0.1) is 0 Å².